The standard InChI is InChI=1S/C16H32O/c1-2-3-4-5-6-7-8-9-10-11-12-13-14-15-16-17/h15-17H,2-14H2,1H3/b16-15-. The Morgan fingerprint density at radius 2 is 1.06 bits per heavy atom. The maximum absolute atomic E-state index is 8.46. The van der Waals surface area contributed by atoms with Gasteiger partial charge < -0.3 is 5.11 Å². The maximum Gasteiger partial charge on any atom is 0.0751 e. The van der Waals surface area contributed by atoms with Crippen LogP contribution < -0.4 is 0 Å². The van der Waals surface area contributed by atoms with Crippen molar-refractivity contribution < 1.29 is 5.11 Å². The molecule has 102 valence electrons. The summed E-state index contributed by atoms with van der Waals surface area (Å²) in [5.41, 5.74) is 0. The van der Waals surface area contributed by atoms with Crippen molar-refractivity contribution >= 4 is 0 Å². The lowest BCUT2D eigenvalue weighted by Crippen LogP contribution is -1.82. The van der Waals surface area contributed by atoms with Crippen molar-refractivity contribution in [2.45, 2.75) is 90.4 Å². The lowest BCUT2D eigenvalue weighted by Gasteiger charge is -2.02. The summed E-state index contributed by atoms with van der Waals surface area (Å²) in [5, 5.41) is 8.46. The molecule has 1 nitrogen and oxygen atoms in total. The highest BCUT2D eigenvalue weighted by Gasteiger charge is 1.92. The zero-order valence-electron chi connectivity index (χ0n) is 11.8. The van der Waals surface area contributed by atoms with Gasteiger partial charge in [0.15, 0.2) is 0 Å². The van der Waals surface area contributed by atoms with Crippen molar-refractivity contribution in [3.63, 3.8) is 0 Å². The average Bonchev–Trinajstić information content (AvgIpc) is 2.35. The monoisotopic (exact) mass is 240 g/mol. The topological polar surface area (TPSA) is 20.2 Å². The number of hydrogen-bond donors (Lipinski definition) is 1. The summed E-state index contributed by atoms with van der Waals surface area (Å²) < 4.78 is 0. The Labute approximate surface area is 108 Å². The minimum absolute atomic E-state index is 1.04. The van der Waals surface area contributed by atoms with E-state index in [2.05, 4.69) is 6.92 Å². The molecule has 0 aliphatic carbocycles. The van der Waals surface area contributed by atoms with Gasteiger partial charge in [-0.1, -0.05) is 83.6 Å². The Morgan fingerprint density at radius 3 is 1.47 bits per heavy atom. The first-order valence-corrected chi connectivity index (χ1v) is 7.71. The van der Waals surface area contributed by atoms with Gasteiger partial charge in [0.2, 0.25) is 0 Å². The van der Waals surface area contributed by atoms with Crippen LogP contribution in [-0.4, -0.2) is 5.11 Å². The summed E-state index contributed by atoms with van der Waals surface area (Å²) in [6.45, 7) is 2.27. The Morgan fingerprint density at radius 1 is 0.647 bits per heavy atom. The van der Waals surface area contributed by atoms with Crippen molar-refractivity contribution in [1.82, 2.24) is 0 Å². The van der Waals surface area contributed by atoms with Crippen molar-refractivity contribution in [2.75, 3.05) is 0 Å². The van der Waals surface area contributed by atoms with Gasteiger partial charge >= 0.3 is 0 Å². The SMILES string of the molecule is CCCCCCCCCCCCCC/C=C\O. The Bertz CT molecular complexity index is 152. The molecule has 0 aliphatic heterocycles. The molecule has 0 spiro atoms. The van der Waals surface area contributed by atoms with Gasteiger partial charge in [-0.3, -0.25) is 0 Å². The van der Waals surface area contributed by atoms with E-state index in [4.69, 9.17) is 5.11 Å². The van der Waals surface area contributed by atoms with Gasteiger partial charge in [0, 0.05) is 0 Å². The third-order valence-corrected chi connectivity index (χ3v) is 3.33. The third kappa shape index (κ3) is 15.5. The molecule has 0 amide bonds. The first-order valence-electron chi connectivity index (χ1n) is 7.71. The predicted octanol–water partition coefficient (Wildman–Crippen LogP) is 6.15. The van der Waals surface area contributed by atoms with E-state index in [1.165, 1.54) is 83.3 Å². The second-order valence-corrected chi connectivity index (χ2v) is 5.06. The highest BCUT2D eigenvalue weighted by molar-refractivity contribution is 4.70. The van der Waals surface area contributed by atoms with Crippen LogP contribution in [0.3, 0.4) is 0 Å². The molecule has 1 N–H and O–H groups in total. The summed E-state index contributed by atoms with van der Waals surface area (Å²) in [4.78, 5) is 0. The molecule has 0 rings (SSSR count). The highest BCUT2D eigenvalue weighted by atomic mass is 16.2. The molecule has 0 atom stereocenters. The normalized spacial score (nSPS) is 11.4. The lowest BCUT2D eigenvalue weighted by atomic mass is 10.0. The number of rotatable bonds is 13. The molecule has 0 bridgehead atoms. The van der Waals surface area contributed by atoms with Crippen LogP contribution in [0.1, 0.15) is 90.4 Å². The van der Waals surface area contributed by atoms with E-state index in [9.17, 15) is 0 Å². The molecule has 0 aromatic heterocycles. The molecule has 0 aliphatic rings. The minimum atomic E-state index is 1.04. The van der Waals surface area contributed by atoms with Gasteiger partial charge in [-0.15, -0.1) is 0 Å². The van der Waals surface area contributed by atoms with E-state index in [-0.39, 0.29) is 0 Å². The highest BCUT2D eigenvalue weighted by Crippen LogP contribution is 2.12. The summed E-state index contributed by atoms with van der Waals surface area (Å²) in [5.74, 6) is 0. The van der Waals surface area contributed by atoms with Gasteiger partial charge in [0.1, 0.15) is 0 Å². The Kier molecular flexibility index (Phi) is 15.1. The van der Waals surface area contributed by atoms with Crippen LogP contribution in [0, 0.1) is 0 Å². The van der Waals surface area contributed by atoms with E-state index in [0.29, 0.717) is 0 Å². The zero-order chi connectivity index (χ0) is 12.6. The van der Waals surface area contributed by atoms with Gasteiger partial charge in [-0.25, -0.2) is 0 Å². The Hall–Kier alpha value is -0.460. The van der Waals surface area contributed by atoms with Gasteiger partial charge in [-0.2, -0.15) is 0 Å². The first-order chi connectivity index (χ1) is 8.41. The van der Waals surface area contributed by atoms with Crippen molar-refractivity contribution in [1.29, 1.82) is 0 Å². The molecule has 0 saturated carbocycles. The van der Waals surface area contributed by atoms with E-state index in [1.807, 2.05) is 6.08 Å². The van der Waals surface area contributed by atoms with Crippen molar-refractivity contribution in [3.8, 4) is 0 Å². The molecule has 0 aromatic carbocycles. The van der Waals surface area contributed by atoms with Crippen molar-refractivity contribution in [3.05, 3.63) is 12.3 Å². The molecule has 1 heteroatoms. The molecule has 0 fully saturated rings. The quantitative estimate of drug-likeness (QED) is 0.302. The molecule has 17 heavy (non-hydrogen) atoms. The maximum atomic E-state index is 8.46. The van der Waals surface area contributed by atoms with Crippen LogP contribution in [0.25, 0.3) is 0 Å². The minimum Gasteiger partial charge on any atom is -0.516 e. The second-order valence-electron chi connectivity index (χ2n) is 5.06. The van der Waals surface area contributed by atoms with Crippen LogP contribution in [-0.2, 0) is 0 Å². The summed E-state index contributed by atoms with van der Waals surface area (Å²) >= 11 is 0. The fourth-order valence-corrected chi connectivity index (χ4v) is 2.18. The third-order valence-electron chi connectivity index (χ3n) is 3.33. The van der Waals surface area contributed by atoms with Crippen LogP contribution in [0.5, 0.6) is 0 Å². The molecular weight excluding hydrogens is 208 g/mol. The zero-order valence-corrected chi connectivity index (χ0v) is 11.8. The predicted molar refractivity (Wildman–Crippen MR) is 77.5 cm³/mol. The largest absolute Gasteiger partial charge is 0.516 e. The molecular formula is C16H32O. The van der Waals surface area contributed by atoms with Crippen LogP contribution in [0.4, 0.5) is 0 Å². The fraction of sp³-hybridized carbons (Fsp3) is 0.875. The first kappa shape index (κ1) is 16.5. The van der Waals surface area contributed by atoms with E-state index in [1.54, 1.807) is 0 Å². The van der Waals surface area contributed by atoms with E-state index >= 15 is 0 Å². The smallest absolute Gasteiger partial charge is 0.0751 e. The average molecular weight is 240 g/mol. The number of aliphatic hydroxyl groups is 1. The lowest BCUT2D eigenvalue weighted by molar-refractivity contribution is 0.469. The van der Waals surface area contributed by atoms with Crippen molar-refractivity contribution in [2.24, 2.45) is 0 Å². The fourth-order valence-electron chi connectivity index (χ4n) is 2.18. The number of aliphatic hydroxyl groups excluding tert-OH is 1. The van der Waals surface area contributed by atoms with Crippen LogP contribution in [0.15, 0.2) is 12.3 Å². The summed E-state index contributed by atoms with van der Waals surface area (Å²) in [6, 6.07) is 0. The molecule has 0 saturated heterocycles. The van der Waals surface area contributed by atoms with Gasteiger partial charge in [0.25, 0.3) is 0 Å². The summed E-state index contributed by atoms with van der Waals surface area (Å²) in [7, 11) is 0. The molecule has 0 heterocycles. The van der Waals surface area contributed by atoms with E-state index in [0.717, 1.165) is 6.42 Å². The van der Waals surface area contributed by atoms with Crippen LogP contribution >= 0.6 is 0 Å². The molecule has 0 unspecified atom stereocenters. The second kappa shape index (κ2) is 15.5. The number of allylic oxidation sites excluding steroid dienone is 1. The summed E-state index contributed by atoms with van der Waals surface area (Å²) in [6.07, 6.45) is 20.8. The van der Waals surface area contributed by atoms with Gasteiger partial charge in [-0.05, 0) is 12.8 Å². The van der Waals surface area contributed by atoms with Gasteiger partial charge in [0.05, 0.1) is 6.26 Å². The number of hydrogen-bond acceptors (Lipinski definition) is 1. The number of unbranched alkanes of at least 4 members (excludes halogenated alkanes) is 12. The Balaban J connectivity index is 2.89. The molecule has 0 radical (unpaired) electrons. The van der Waals surface area contributed by atoms with Crippen LogP contribution in [0.2, 0.25) is 0 Å². The molecule has 0 aromatic rings. The van der Waals surface area contributed by atoms with E-state index < -0.39 is 0 Å².